The maximum Gasteiger partial charge on any atom is 0.137 e. The SMILES string of the molecule is CC(C)(C)c1ccnc(-n2c3cnccc3c3ccc(C(O)c4cccc(Br)c4)cc32)c1. The highest BCUT2D eigenvalue weighted by atomic mass is 79.9. The third-order valence-corrected chi connectivity index (χ3v) is 6.41. The Kier molecular flexibility index (Phi) is 5.11. The lowest BCUT2D eigenvalue weighted by molar-refractivity contribution is 0.220. The highest BCUT2D eigenvalue weighted by Gasteiger charge is 2.19. The number of halogens is 1. The molecule has 0 fully saturated rings. The Balaban J connectivity index is 1.75. The molecule has 3 heterocycles. The quantitative estimate of drug-likeness (QED) is 0.308. The topological polar surface area (TPSA) is 50.9 Å². The summed E-state index contributed by atoms with van der Waals surface area (Å²) in [4.78, 5) is 9.08. The Hall–Kier alpha value is -3.02. The molecule has 1 atom stereocenters. The largest absolute Gasteiger partial charge is 0.384 e. The number of benzene rings is 2. The summed E-state index contributed by atoms with van der Waals surface area (Å²) in [7, 11) is 0. The van der Waals surface area contributed by atoms with Gasteiger partial charge in [-0.05, 0) is 58.5 Å². The highest BCUT2D eigenvalue weighted by molar-refractivity contribution is 9.10. The van der Waals surface area contributed by atoms with Crippen LogP contribution in [0.3, 0.4) is 0 Å². The van der Waals surface area contributed by atoms with Gasteiger partial charge in [0.15, 0.2) is 0 Å². The monoisotopic (exact) mass is 485 g/mol. The summed E-state index contributed by atoms with van der Waals surface area (Å²) in [5, 5.41) is 13.3. The lowest BCUT2D eigenvalue weighted by Crippen LogP contribution is -2.12. The maximum atomic E-state index is 11.1. The van der Waals surface area contributed by atoms with Crippen molar-refractivity contribution in [2.45, 2.75) is 32.3 Å². The molecule has 5 rings (SSSR count). The summed E-state index contributed by atoms with van der Waals surface area (Å²) in [5.41, 5.74) is 4.90. The van der Waals surface area contributed by atoms with E-state index in [0.29, 0.717) is 0 Å². The Morgan fingerprint density at radius 1 is 0.875 bits per heavy atom. The number of aliphatic hydroxyl groups is 1. The van der Waals surface area contributed by atoms with Crippen molar-refractivity contribution in [2.75, 3.05) is 0 Å². The third-order valence-electron chi connectivity index (χ3n) is 5.91. The molecule has 0 saturated heterocycles. The van der Waals surface area contributed by atoms with Gasteiger partial charge in [-0.2, -0.15) is 0 Å². The summed E-state index contributed by atoms with van der Waals surface area (Å²) in [6.07, 6.45) is 4.83. The Bertz CT molecular complexity index is 1450. The van der Waals surface area contributed by atoms with Crippen molar-refractivity contribution in [2.24, 2.45) is 0 Å². The van der Waals surface area contributed by atoms with E-state index in [-0.39, 0.29) is 5.41 Å². The standard InChI is InChI=1S/C27H24BrN3O/c1-27(2,3)19-9-12-30-25(15-19)31-23-14-18(26(32)17-5-4-6-20(28)13-17)7-8-21(23)22-10-11-29-16-24(22)31/h4-16,26,32H,1-3H3. The van der Waals surface area contributed by atoms with Crippen molar-refractivity contribution >= 4 is 37.7 Å². The van der Waals surface area contributed by atoms with E-state index in [1.807, 2.05) is 55.0 Å². The van der Waals surface area contributed by atoms with E-state index >= 15 is 0 Å². The van der Waals surface area contributed by atoms with Gasteiger partial charge in [0.2, 0.25) is 0 Å². The molecular weight excluding hydrogens is 462 g/mol. The fourth-order valence-electron chi connectivity index (χ4n) is 4.18. The number of hydrogen-bond acceptors (Lipinski definition) is 3. The molecule has 2 aromatic carbocycles. The minimum atomic E-state index is -0.727. The number of rotatable bonds is 3. The second kappa shape index (κ2) is 7.84. The molecule has 0 radical (unpaired) electrons. The molecule has 1 unspecified atom stereocenters. The first-order chi connectivity index (χ1) is 15.3. The molecule has 32 heavy (non-hydrogen) atoms. The van der Waals surface area contributed by atoms with Crippen molar-refractivity contribution in [1.82, 2.24) is 14.5 Å². The number of aliphatic hydroxyl groups excluding tert-OH is 1. The van der Waals surface area contributed by atoms with Gasteiger partial charge in [-0.15, -0.1) is 0 Å². The van der Waals surface area contributed by atoms with Crippen LogP contribution in [-0.2, 0) is 5.41 Å². The Labute approximate surface area is 195 Å². The highest BCUT2D eigenvalue weighted by Crippen LogP contribution is 2.35. The molecule has 0 saturated carbocycles. The fourth-order valence-corrected chi connectivity index (χ4v) is 4.59. The van der Waals surface area contributed by atoms with E-state index < -0.39 is 6.10 Å². The molecule has 0 spiro atoms. The smallest absolute Gasteiger partial charge is 0.137 e. The van der Waals surface area contributed by atoms with E-state index in [4.69, 9.17) is 4.98 Å². The van der Waals surface area contributed by atoms with Crippen LogP contribution in [0.15, 0.2) is 83.7 Å². The molecule has 5 aromatic rings. The zero-order valence-corrected chi connectivity index (χ0v) is 19.8. The van der Waals surface area contributed by atoms with Crippen LogP contribution in [0.5, 0.6) is 0 Å². The number of hydrogen-bond donors (Lipinski definition) is 1. The van der Waals surface area contributed by atoms with Gasteiger partial charge in [-0.25, -0.2) is 4.98 Å². The molecule has 0 aliphatic rings. The molecule has 0 aliphatic heterocycles. The second-order valence-corrected chi connectivity index (χ2v) is 10.0. The first-order valence-corrected chi connectivity index (χ1v) is 11.4. The van der Waals surface area contributed by atoms with Gasteiger partial charge in [-0.1, -0.05) is 61.0 Å². The van der Waals surface area contributed by atoms with Crippen LogP contribution in [0.25, 0.3) is 27.6 Å². The number of nitrogens with zero attached hydrogens (tertiary/aromatic N) is 3. The van der Waals surface area contributed by atoms with Crippen molar-refractivity contribution < 1.29 is 5.11 Å². The minimum Gasteiger partial charge on any atom is -0.384 e. The van der Waals surface area contributed by atoms with Crippen LogP contribution < -0.4 is 0 Å². The lowest BCUT2D eigenvalue weighted by atomic mass is 9.88. The lowest BCUT2D eigenvalue weighted by Gasteiger charge is -2.20. The van der Waals surface area contributed by atoms with E-state index in [1.54, 1.807) is 0 Å². The van der Waals surface area contributed by atoms with Gasteiger partial charge in [-0.3, -0.25) is 9.55 Å². The van der Waals surface area contributed by atoms with Crippen molar-refractivity contribution in [3.05, 3.63) is 100 Å². The van der Waals surface area contributed by atoms with Crippen molar-refractivity contribution in [1.29, 1.82) is 0 Å². The van der Waals surface area contributed by atoms with Crippen LogP contribution in [0.1, 0.15) is 43.6 Å². The van der Waals surface area contributed by atoms with Gasteiger partial charge in [0.1, 0.15) is 11.9 Å². The summed E-state index contributed by atoms with van der Waals surface area (Å²) >= 11 is 3.50. The molecule has 0 aliphatic carbocycles. The van der Waals surface area contributed by atoms with E-state index in [9.17, 15) is 5.11 Å². The maximum absolute atomic E-state index is 11.1. The van der Waals surface area contributed by atoms with Gasteiger partial charge >= 0.3 is 0 Å². The van der Waals surface area contributed by atoms with Gasteiger partial charge in [0.05, 0.1) is 17.2 Å². The van der Waals surface area contributed by atoms with E-state index in [2.05, 4.69) is 70.5 Å². The van der Waals surface area contributed by atoms with Gasteiger partial charge in [0.25, 0.3) is 0 Å². The molecule has 4 nitrogen and oxygen atoms in total. The first kappa shape index (κ1) is 20.9. The third kappa shape index (κ3) is 3.61. The van der Waals surface area contributed by atoms with Gasteiger partial charge in [0, 0.05) is 27.6 Å². The van der Waals surface area contributed by atoms with Crippen molar-refractivity contribution in [3.8, 4) is 5.82 Å². The van der Waals surface area contributed by atoms with E-state index in [0.717, 1.165) is 43.2 Å². The normalized spacial score (nSPS) is 13.0. The van der Waals surface area contributed by atoms with Crippen LogP contribution in [-0.4, -0.2) is 19.6 Å². The molecule has 1 N–H and O–H groups in total. The van der Waals surface area contributed by atoms with Crippen LogP contribution in [0.2, 0.25) is 0 Å². The van der Waals surface area contributed by atoms with Crippen LogP contribution >= 0.6 is 15.9 Å². The predicted molar refractivity (Wildman–Crippen MR) is 133 cm³/mol. The van der Waals surface area contributed by atoms with E-state index in [1.165, 1.54) is 5.56 Å². The van der Waals surface area contributed by atoms with Crippen molar-refractivity contribution in [3.63, 3.8) is 0 Å². The Morgan fingerprint density at radius 2 is 1.66 bits per heavy atom. The van der Waals surface area contributed by atoms with Gasteiger partial charge < -0.3 is 5.11 Å². The van der Waals surface area contributed by atoms with Crippen LogP contribution in [0.4, 0.5) is 0 Å². The molecule has 3 aromatic heterocycles. The molecule has 0 amide bonds. The predicted octanol–water partition coefficient (Wildman–Crippen LogP) is 6.72. The first-order valence-electron chi connectivity index (χ1n) is 10.6. The summed E-state index contributed by atoms with van der Waals surface area (Å²) < 4.78 is 3.09. The molecule has 160 valence electrons. The molecular formula is C27H24BrN3O. The summed E-state index contributed by atoms with van der Waals surface area (Å²) in [6.45, 7) is 6.60. The zero-order valence-electron chi connectivity index (χ0n) is 18.2. The molecule has 5 heteroatoms. The fraction of sp³-hybridized carbons (Fsp3) is 0.185. The minimum absolute atomic E-state index is 0.0107. The van der Waals surface area contributed by atoms with Crippen LogP contribution in [0, 0.1) is 0 Å². The number of fused-ring (bicyclic) bond motifs is 3. The number of pyridine rings is 2. The zero-order chi connectivity index (χ0) is 22.5. The summed E-state index contributed by atoms with van der Waals surface area (Å²) in [5.74, 6) is 0.847. The number of aromatic nitrogens is 3. The Morgan fingerprint density at radius 3 is 2.44 bits per heavy atom. The average molecular weight is 486 g/mol. The summed E-state index contributed by atoms with van der Waals surface area (Å²) in [6, 6.07) is 20.2. The second-order valence-electron chi connectivity index (χ2n) is 9.12. The molecule has 0 bridgehead atoms. The average Bonchev–Trinajstić information content (AvgIpc) is 3.12.